The van der Waals surface area contributed by atoms with Crippen LogP contribution in [-0.2, 0) is 19.0 Å². The molecule has 78 valence electrons. The zero-order chi connectivity index (χ0) is 9.95. The van der Waals surface area contributed by atoms with Crippen LogP contribution in [0, 0.1) is 5.41 Å². The van der Waals surface area contributed by atoms with E-state index >= 15 is 0 Å². The average Bonchev–Trinajstić information content (AvgIpc) is 1.92. The fraction of sp³-hybridized carbons (Fsp3) is 1.00. The van der Waals surface area contributed by atoms with Crippen molar-refractivity contribution >= 4 is 10.1 Å². The van der Waals surface area contributed by atoms with E-state index in [1.165, 1.54) is 0 Å². The number of rotatable bonds is 5. The minimum absolute atomic E-state index is 0.171. The molecule has 5 heteroatoms. The fourth-order valence-corrected chi connectivity index (χ4v) is 1.71. The zero-order valence-corrected chi connectivity index (χ0v) is 8.89. The highest BCUT2D eigenvalue weighted by Gasteiger charge is 2.36. The van der Waals surface area contributed by atoms with Gasteiger partial charge in [-0.15, -0.1) is 0 Å². The maximum Gasteiger partial charge on any atom is 0.264 e. The Bertz CT molecular complexity index is 248. The number of hydrogen-bond donors (Lipinski definition) is 0. The van der Waals surface area contributed by atoms with Gasteiger partial charge in [-0.1, -0.05) is 6.92 Å². The first-order valence-electron chi connectivity index (χ1n) is 4.40. The van der Waals surface area contributed by atoms with Gasteiger partial charge in [0.1, 0.15) is 0 Å². The predicted molar refractivity (Wildman–Crippen MR) is 49.0 cm³/mol. The van der Waals surface area contributed by atoms with Crippen LogP contribution in [0.5, 0.6) is 0 Å². The van der Waals surface area contributed by atoms with Crippen LogP contribution in [-0.4, -0.2) is 34.5 Å². The molecular formula is C8H16O4S. The van der Waals surface area contributed by atoms with Crippen LogP contribution in [0.1, 0.15) is 19.8 Å². The summed E-state index contributed by atoms with van der Waals surface area (Å²) in [5.74, 6) is 0. The van der Waals surface area contributed by atoms with Crippen molar-refractivity contribution in [2.24, 2.45) is 5.41 Å². The van der Waals surface area contributed by atoms with Crippen LogP contribution >= 0.6 is 0 Å². The Morgan fingerprint density at radius 1 is 1.46 bits per heavy atom. The van der Waals surface area contributed by atoms with Gasteiger partial charge in [0.25, 0.3) is 10.1 Å². The normalized spacial score (nSPS) is 21.1. The van der Waals surface area contributed by atoms with Gasteiger partial charge in [-0.3, -0.25) is 4.18 Å². The average molecular weight is 208 g/mol. The molecule has 4 nitrogen and oxygen atoms in total. The van der Waals surface area contributed by atoms with Crippen LogP contribution in [0.2, 0.25) is 0 Å². The zero-order valence-electron chi connectivity index (χ0n) is 8.08. The molecule has 0 aromatic heterocycles. The van der Waals surface area contributed by atoms with Gasteiger partial charge in [-0.05, 0) is 12.8 Å². The summed E-state index contributed by atoms with van der Waals surface area (Å²) in [6, 6.07) is 0. The molecular weight excluding hydrogens is 192 g/mol. The minimum Gasteiger partial charge on any atom is -0.380 e. The molecule has 0 aliphatic carbocycles. The van der Waals surface area contributed by atoms with E-state index in [-0.39, 0.29) is 12.0 Å². The quantitative estimate of drug-likeness (QED) is 0.626. The second-order valence-electron chi connectivity index (χ2n) is 3.62. The summed E-state index contributed by atoms with van der Waals surface area (Å²) in [5.41, 5.74) is 0.171. The van der Waals surface area contributed by atoms with Crippen molar-refractivity contribution in [3.8, 4) is 0 Å². The lowest BCUT2D eigenvalue weighted by atomic mass is 9.80. The van der Waals surface area contributed by atoms with Crippen molar-refractivity contribution in [1.82, 2.24) is 0 Å². The van der Waals surface area contributed by atoms with E-state index in [0.29, 0.717) is 0 Å². The third-order valence-electron chi connectivity index (χ3n) is 2.50. The van der Waals surface area contributed by atoms with Crippen LogP contribution in [0.15, 0.2) is 0 Å². The molecule has 1 saturated heterocycles. The first-order valence-corrected chi connectivity index (χ1v) is 6.21. The van der Waals surface area contributed by atoms with E-state index in [2.05, 4.69) is 11.1 Å². The Kier molecular flexibility index (Phi) is 3.32. The van der Waals surface area contributed by atoms with Gasteiger partial charge < -0.3 is 4.74 Å². The Balaban J connectivity index is 2.26. The van der Waals surface area contributed by atoms with E-state index in [1.807, 2.05) is 0 Å². The van der Waals surface area contributed by atoms with E-state index in [1.54, 1.807) is 0 Å². The van der Waals surface area contributed by atoms with Crippen molar-refractivity contribution < 1.29 is 17.3 Å². The van der Waals surface area contributed by atoms with E-state index in [4.69, 9.17) is 4.74 Å². The van der Waals surface area contributed by atoms with Crippen molar-refractivity contribution in [2.45, 2.75) is 19.8 Å². The summed E-state index contributed by atoms with van der Waals surface area (Å²) in [6.45, 7) is 3.83. The lowest BCUT2D eigenvalue weighted by Crippen LogP contribution is -2.42. The Morgan fingerprint density at radius 2 is 2.08 bits per heavy atom. The maximum absolute atomic E-state index is 10.7. The van der Waals surface area contributed by atoms with Gasteiger partial charge >= 0.3 is 0 Å². The highest BCUT2D eigenvalue weighted by molar-refractivity contribution is 7.85. The van der Waals surface area contributed by atoms with Gasteiger partial charge in [0, 0.05) is 5.41 Å². The number of ether oxygens (including phenoxy) is 1. The molecule has 0 amide bonds. The van der Waals surface area contributed by atoms with E-state index in [0.717, 1.165) is 32.3 Å². The van der Waals surface area contributed by atoms with E-state index < -0.39 is 10.1 Å². The highest BCUT2D eigenvalue weighted by Crippen LogP contribution is 2.34. The predicted octanol–water partition coefficient (Wildman–Crippen LogP) is 0.779. The molecule has 0 atom stereocenters. The van der Waals surface area contributed by atoms with Gasteiger partial charge in [-0.25, -0.2) is 0 Å². The fourth-order valence-electron chi connectivity index (χ4n) is 1.33. The van der Waals surface area contributed by atoms with Gasteiger partial charge in [0.2, 0.25) is 0 Å². The number of hydrogen-bond acceptors (Lipinski definition) is 4. The second kappa shape index (κ2) is 3.94. The standard InChI is InChI=1S/C8H16O4S/c1-3-8(6-11-7-8)4-5-12-13(2,9)10/h3-7H2,1-2H3. The Hall–Kier alpha value is -0.130. The first kappa shape index (κ1) is 10.9. The second-order valence-corrected chi connectivity index (χ2v) is 5.27. The first-order chi connectivity index (χ1) is 5.97. The molecule has 0 radical (unpaired) electrons. The largest absolute Gasteiger partial charge is 0.380 e. The summed E-state index contributed by atoms with van der Waals surface area (Å²) in [7, 11) is -3.28. The molecule has 1 aliphatic rings. The lowest BCUT2D eigenvalue weighted by Gasteiger charge is -2.40. The Morgan fingerprint density at radius 3 is 2.38 bits per heavy atom. The van der Waals surface area contributed by atoms with Crippen molar-refractivity contribution in [3.05, 3.63) is 0 Å². The summed E-state index contributed by atoms with van der Waals surface area (Å²) in [5, 5.41) is 0. The van der Waals surface area contributed by atoms with Crippen LogP contribution < -0.4 is 0 Å². The molecule has 1 aliphatic heterocycles. The molecule has 0 N–H and O–H groups in total. The van der Waals surface area contributed by atoms with Gasteiger partial charge in [0.05, 0.1) is 26.1 Å². The molecule has 0 unspecified atom stereocenters. The summed E-state index contributed by atoms with van der Waals surface area (Å²) >= 11 is 0. The molecule has 1 fully saturated rings. The minimum atomic E-state index is -3.28. The van der Waals surface area contributed by atoms with Crippen molar-refractivity contribution in [3.63, 3.8) is 0 Å². The van der Waals surface area contributed by atoms with Crippen molar-refractivity contribution in [1.29, 1.82) is 0 Å². The summed E-state index contributed by atoms with van der Waals surface area (Å²) in [4.78, 5) is 0. The molecule has 0 aromatic rings. The third kappa shape index (κ3) is 3.25. The monoisotopic (exact) mass is 208 g/mol. The lowest BCUT2D eigenvalue weighted by molar-refractivity contribution is -0.123. The van der Waals surface area contributed by atoms with Gasteiger partial charge in [-0.2, -0.15) is 8.42 Å². The topological polar surface area (TPSA) is 52.6 Å². The Labute approximate surface area is 79.3 Å². The molecule has 0 bridgehead atoms. The van der Waals surface area contributed by atoms with E-state index in [9.17, 15) is 8.42 Å². The molecule has 1 heterocycles. The SMILES string of the molecule is CCC1(CCOS(C)(=O)=O)COC1. The molecule has 13 heavy (non-hydrogen) atoms. The molecule has 0 saturated carbocycles. The smallest absolute Gasteiger partial charge is 0.264 e. The molecule has 0 aromatic carbocycles. The van der Waals surface area contributed by atoms with Crippen molar-refractivity contribution in [2.75, 3.05) is 26.1 Å². The summed E-state index contributed by atoms with van der Waals surface area (Å²) in [6.07, 6.45) is 2.85. The summed E-state index contributed by atoms with van der Waals surface area (Å²) < 4.78 is 31.1. The maximum atomic E-state index is 10.7. The van der Waals surface area contributed by atoms with Gasteiger partial charge in [0.15, 0.2) is 0 Å². The third-order valence-corrected chi connectivity index (χ3v) is 3.09. The van der Waals surface area contributed by atoms with Crippen LogP contribution in [0.25, 0.3) is 0 Å². The highest BCUT2D eigenvalue weighted by atomic mass is 32.2. The molecule has 1 rings (SSSR count). The van der Waals surface area contributed by atoms with Crippen LogP contribution in [0.3, 0.4) is 0 Å². The molecule has 0 spiro atoms. The van der Waals surface area contributed by atoms with Crippen LogP contribution in [0.4, 0.5) is 0 Å².